The van der Waals surface area contributed by atoms with Crippen molar-refractivity contribution in [3.05, 3.63) is 57.8 Å². The molecular weight excluding hydrogens is 240 g/mol. The molecule has 0 atom stereocenters. The molecule has 2 rings (SSSR count). The van der Waals surface area contributed by atoms with Crippen LogP contribution in [0.3, 0.4) is 0 Å². The Labute approximate surface area is 103 Å². The lowest BCUT2D eigenvalue weighted by atomic mass is 10.1. The van der Waals surface area contributed by atoms with Gasteiger partial charge in [0.05, 0.1) is 0 Å². The average molecular weight is 253 g/mol. The Morgan fingerprint density at radius 3 is 2.76 bits per heavy atom. The highest BCUT2D eigenvalue weighted by atomic mass is 32.1. The van der Waals surface area contributed by atoms with Crippen molar-refractivity contribution in [2.24, 2.45) is 0 Å². The second-order valence-electron chi connectivity index (χ2n) is 3.72. The Bertz CT molecular complexity index is 468. The summed E-state index contributed by atoms with van der Waals surface area (Å²) >= 11 is 1.68. The first-order valence-corrected chi connectivity index (χ1v) is 6.31. The van der Waals surface area contributed by atoms with Gasteiger partial charge in [-0.15, -0.1) is 11.3 Å². The molecule has 1 aromatic carbocycles. The van der Waals surface area contributed by atoms with E-state index >= 15 is 0 Å². The van der Waals surface area contributed by atoms with E-state index in [9.17, 15) is 8.78 Å². The van der Waals surface area contributed by atoms with Crippen LogP contribution in [0.5, 0.6) is 0 Å². The molecule has 2 aromatic rings. The third-order valence-corrected chi connectivity index (χ3v) is 3.36. The number of hydrogen-bond acceptors (Lipinski definition) is 2. The normalized spacial score (nSPS) is 10.7. The fourth-order valence-corrected chi connectivity index (χ4v) is 2.26. The molecule has 17 heavy (non-hydrogen) atoms. The van der Waals surface area contributed by atoms with E-state index in [0.29, 0.717) is 18.5 Å². The first-order chi connectivity index (χ1) is 8.27. The first kappa shape index (κ1) is 12.2. The number of benzene rings is 1. The highest BCUT2D eigenvalue weighted by Gasteiger charge is 2.06. The van der Waals surface area contributed by atoms with Crippen LogP contribution in [0.25, 0.3) is 0 Å². The summed E-state index contributed by atoms with van der Waals surface area (Å²) in [5.74, 6) is -1.51. The maximum atomic E-state index is 13.3. The van der Waals surface area contributed by atoms with Gasteiger partial charge in [-0.3, -0.25) is 0 Å². The summed E-state index contributed by atoms with van der Waals surface area (Å²) in [5.41, 5.74) is 0.420. The van der Waals surface area contributed by atoms with E-state index in [-0.39, 0.29) is 0 Å². The minimum Gasteiger partial charge on any atom is -0.312 e. The van der Waals surface area contributed by atoms with Crippen LogP contribution in [0.4, 0.5) is 8.78 Å². The summed E-state index contributed by atoms with van der Waals surface area (Å²) in [5, 5.41) is 5.22. The summed E-state index contributed by atoms with van der Waals surface area (Å²) in [6.07, 6.45) is 0.495. The standard InChI is InChI=1S/C13H13F2NS/c14-12-5-1-3-10(13(12)15)6-7-16-9-11-4-2-8-17-11/h1-5,8,16H,6-7,9H2. The van der Waals surface area contributed by atoms with Gasteiger partial charge in [0.1, 0.15) is 0 Å². The first-order valence-electron chi connectivity index (χ1n) is 5.43. The van der Waals surface area contributed by atoms with Crippen molar-refractivity contribution in [1.29, 1.82) is 0 Å². The molecule has 0 unspecified atom stereocenters. The van der Waals surface area contributed by atoms with E-state index in [2.05, 4.69) is 5.32 Å². The molecule has 0 aliphatic heterocycles. The molecule has 0 spiro atoms. The lowest BCUT2D eigenvalue weighted by Crippen LogP contribution is -2.16. The van der Waals surface area contributed by atoms with Gasteiger partial charge < -0.3 is 5.32 Å². The van der Waals surface area contributed by atoms with Crippen LogP contribution >= 0.6 is 11.3 Å². The van der Waals surface area contributed by atoms with E-state index in [4.69, 9.17) is 0 Å². The Balaban J connectivity index is 1.80. The monoisotopic (exact) mass is 253 g/mol. The SMILES string of the molecule is Fc1cccc(CCNCc2cccs2)c1F. The van der Waals surface area contributed by atoms with Crippen molar-refractivity contribution in [3.8, 4) is 0 Å². The summed E-state index contributed by atoms with van der Waals surface area (Å²) in [6, 6.07) is 8.32. The van der Waals surface area contributed by atoms with Crippen molar-refractivity contribution >= 4 is 11.3 Å². The Morgan fingerprint density at radius 2 is 2.00 bits per heavy atom. The molecule has 0 bridgehead atoms. The van der Waals surface area contributed by atoms with Gasteiger partial charge in [-0.2, -0.15) is 0 Å². The zero-order valence-corrected chi connectivity index (χ0v) is 10.1. The Kier molecular flexibility index (Phi) is 4.23. The number of rotatable bonds is 5. The summed E-state index contributed by atoms with van der Waals surface area (Å²) in [6.45, 7) is 1.41. The topological polar surface area (TPSA) is 12.0 Å². The number of nitrogens with one attached hydrogen (secondary N) is 1. The van der Waals surface area contributed by atoms with Crippen molar-refractivity contribution in [2.45, 2.75) is 13.0 Å². The van der Waals surface area contributed by atoms with Gasteiger partial charge in [0, 0.05) is 11.4 Å². The van der Waals surface area contributed by atoms with Gasteiger partial charge in [-0.1, -0.05) is 18.2 Å². The Hall–Kier alpha value is -1.26. The number of thiophene rings is 1. The van der Waals surface area contributed by atoms with Gasteiger partial charge >= 0.3 is 0 Å². The number of halogens is 2. The summed E-state index contributed by atoms with van der Waals surface area (Å²) < 4.78 is 26.2. The van der Waals surface area contributed by atoms with E-state index < -0.39 is 11.6 Å². The minimum absolute atomic E-state index is 0.420. The van der Waals surface area contributed by atoms with Crippen molar-refractivity contribution < 1.29 is 8.78 Å². The molecule has 0 amide bonds. The van der Waals surface area contributed by atoms with Crippen LogP contribution < -0.4 is 5.32 Å². The second kappa shape index (κ2) is 5.89. The lowest BCUT2D eigenvalue weighted by Gasteiger charge is -2.05. The minimum atomic E-state index is -0.777. The van der Waals surface area contributed by atoms with Crippen LogP contribution in [0.2, 0.25) is 0 Å². The third-order valence-electron chi connectivity index (χ3n) is 2.48. The van der Waals surface area contributed by atoms with Crippen molar-refractivity contribution in [2.75, 3.05) is 6.54 Å². The fraction of sp³-hybridized carbons (Fsp3) is 0.231. The molecule has 0 radical (unpaired) electrons. The largest absolute Gasteiger partial charge is 0.312 e. The van der Waals surface area contributed by atoms with Crippen LogP contribution in [-0.2, 0) is 13.0 Å². The van der Waals surface area contributed by atoms with E-state index in [1.165, 1.54) is 10.9 Å². The van der Waals surface area contributed by atoms with Gasteiger partial charge in [0.2, 0.25) is 0 Å². The summed E-state index contributed by atoms with van der Waals surface area (Å²) in [4.78, 5) is 1.24. The van der Waals surface area contributed by atoms with Gasteiger partial charge in [0.25, 0.3) is 0 Å². The van der Waals surface area contributed by atoms with Crippen molar-refractivity contribution in [1.82, 2.24) is 5.32 Å². The zero-order chi connectivity index (χ0) is 12.1. The van der Waals surface area contributed by atoms with E-state index in [0.717, 1.165) is 12.6 Å². The van der Waals surface area contributed by atoms with Crippen LogP contribution in [0, 0.1) is 11.6 Å². The van der Waals surface area contributed by atoms with Gasteiger partial charge in [0.15, 0.2) is 11.6 Å². The molecule has 0 saturated heterocycles. The highest BCUT2D eigenvalue weighted by molar-refractivity contribution is 7.09. The molecule has 1 N–H and O–H groups in total. The highest BCUT2D eigenvalue weighted by Crippen LogP contribution is 2.12. The third kappa shape index (κ3) is 3.35. The second-order valence-corrected chi connectivity index (χ2v) is 4.75. The molecule has 90 valence electrons. The average Bonchev–Trinajstić information content (AvgIpc) is 2.83. The van der Waals surface area contributed by atoms with E-state index in [1.54, 1.807) is 17.4 Å². The predicted molar refractivity (Wildman–Crippen MR) is 66.1 cm³/mol. The smallest absolute Gasteiger partial charge is 0.162 e. The maximum Gasteiger partial charge on any atom is 0.162 e. The molecule has 1 nitrogen and oxygen atoms in total. The van der Waals surface area contributed by atoms with Crippen LogP contribution in [0.1, 0.15) is 10.4 Å². The molecule has 0 aliphatic carbocycles. The molecular formula is C13H13F2NS. The lowest BCUT2D eigenvalue weighted by molar-refractivity contribution is 0.496. The van der Waals surface area contributed by atoms with Crippen molar-refractivity contribution in [3.63, 3.8) is 0 Å². The fourth-order valence-electron chi connectivity index (χ4n) is 1.59. The molecule has 0 aliphatic rings. The predicted octanol–water partition coefficient (Wildman–Crippen LogP) is 3.36. The van der Waals surface area contributed by atoms with Gasteiger partial charge in [-0.25, -0.2) is 8.78 Å². The van der Waals surface area contributed by atoms with Gasteiger partial charge in [-0.05, 0) is 36.0 Å². The molecule has 0 saturated carbocycles. The summed E-state index contributed by atoms with van der Waals surface area (Å²) in [7, 11) is 0. The quantitative estimate of drug-likeness (QED) is 0.806. The number of hydrogen-bond donors (Lipinski definition) is 1. The Morgan fingerprint density at radius 1 is 1.12 bits per heavy atom. The maximum absolute atomic E-state index is 13.3. The van der Waals surface area contributed by atoms with Crippen LogP contribution in [0.15, 0.2) is 35.7 Å². The molecule has 0 fully saturated rings. The molecule has 1 heterocycles. The van der Waals surface area contributed by atoms with E-state index in [1.807, 2.05) is 17.5 Å². The van der Waals surface area contributed by atoms with Crippen LogP contribution in [-0.4, -0.2) is 6.54 Å². The molecule has 4 heteroatoms. The zero-order valence-electron chi connectivity index (χ0n) is 9.25. The molecule has 1 aromatic heterocycles.